The summed E-state index contributed by atoms with van der Waals surface area (Å²) in [5.74, 6) is -0.490. The maximum Gasteiger partial charge on any atom is 0.258 e. The van der Waals surface area contributed by atoms with Gasteiger partial charge in [-0.2, -0.15) is 0 Å². The van der Waals surface area contributed by atoms with E-state index in [4.69, 9.17) is 5.73 Å². The number of carbonyl (C=O) groups excluding carboxylic acids is 1. The van der Waals surface area contributed by atoms with Crippen LogP contribution in [0.3, 0.4) is 0 Å². The van der Waals surface area contributed by atoms with Crippen molar-refractivity contribution in [1.82, 2.24) is 0 Å². The molecule has 2 aromatic rings. The molecule has 0 aliphatic carbocycles. The molecule has 4 rings (SSSR count). The van der Waals surface area contributed by atoms with Crippen LogP contribution in [0, 0.1) is 5.82 Å². The largest absolute Gasteiger partial charge is 0.398 e. The molecule has 2 aromatic carbocycles. The minimum Gasteiger partial charge on any atom is -0.398 e. The molecule has 2 aliphatic rings. The number of hydrogen-bond acceptors (Lipinski definition) is 3. The lowest BCUT2D eigenvalue weighted by Gasteiger charge is -2.30. The second-order valence-corrected chi connectivity index (χ2v) is 6.77. The number of benzene rings is 2. The van der Waals surface area contributed by atoms with Crippen molar-refractivity contribution in [3.8, 4) is 0 Å². The van der Waals surface area contributed by atoms with Crippen molar-refractivity contribution >= 4 is 23.0 Å². The van der Waals surface area contributed by atoms with Crippen LogP contribution in [0.1, 0.15) is 35.2 Å². The third kappa shape index (κ3) is 2.84. The summed E-state index contributed by atoms with van der Waals surface area (Å²) >= 11 is 0. The third-order valence-electron chi connectivity index (χ3n) is 5.17. The zero-order valence-electron chi connectivity index (χ0n) is 14.2. The van der Waals surface area contributed by atoms with Gasteiger partial charge in [-0.25, -0.2) is 4.39 Å². The molecule has 1 saturated heterocycles. The first kappa shape index (κ1) is 15.9. The van der Waals surface area contributed by atoms with Crippen molar-refractivity contribution in [1.29, 1.82) is 0 Å². The van der Waals surface area contributed by atoms with E-state index < -0.39 is 0 Å². The third-order valence-corrected chi connectivity index (χ3v) is 5.17. The van der Waals surface area contributed by atoms with Crippen molar-refractivity contribution in [2.45, 2.75) is 25.7 Å². The van der Waals surface area contributed by atoms with Crippen LogP contribution in [0.25, 0.3) is 0 Å². The zero-order chi connectivity index (χ0) is 17.4. The first-order valence-corrected chi connectivity index (χ1v) is 8.89. The number of fused-ring (bicyclic) bond motifs is 1. The summed E-state index contributed by atoms with van der Waals surface area (Å²) in [6.45, 7) is 2.39. The molecule has 0 atom stereocenters. The highest BCUT2D eigenvalue weighted by Crippen LogP contribution is 2.33. The molecular weight excluding hydrogens is 317 g/mol. The highest BCUT2D eigenvalue weighted by molar-refractivity contribution is 6.07. The van der Waals surface area contributed by atoms with Crippen molar-refractivity contribution in [2.24, 2.45) is 0 Å². The molecule has 0 spiro atoms. The number of nitrogens with zero attached hydrogens (tertiary/aromatic N) is 2. The van der Waals surface area contributed by atoms with E-state index in [-0.39, 0.29) is 11.7 Å². The number of rotatable bonds is 2. The van der Waals surface area contributed by atoms with Crippen LogP contribution in [0.15, 0.2) is 36.4 Å². The van der Waals surface area contributed by atoms with Gasteiger partial charge in [0.2, 0.25) is 0 Å². The first-order valence-electron chi connectivity index (χ1n) is 8.89. The molecule has 25 heavy (non-hydrogen) atoms. The van der Waals surface area contributed by atoms with E-state index >= 15 is 0 Å². The molecule has 0 radical (unpaired) electrons. The Morgan fingerprint density at radius 2 is 1.80 bits per heavy atom. The molecule has 1 amide bonds. The van der Waals surface area contributed by atoms with E-state index in [0.717, 1.165) is 50.0 Å². The van der Waals surface area contributed by atoms with Crippen LogP contribution in [0.4, 0.5) is 21.5 Å². The average Bonchev–Trinajstić information content (AvgIpc) is 3.15. The molecule has 4 nitrogen and oxygen atoms in total. The topological polar surface area (TPSA) is 49.6 Å². The Morgan fingerprint density at radius 3 is 2.56 bits per heavy atom. The fraction of sp³-hybridized carbons (Fsp3) is 0.350. The Bertz CT molecular complexity index is 815. The molecule has 2 aliphatic heterocycles. The zero-order valence-corrected chi connectivity index (χ0v) is 14.2. The van der Waals surface area contributed by atoms with Crippen molar-refractivity contribution < 1.29 is 9.18 Å². The highest BCUT2D eigenvalue weighted by atomic mass is 19.1. The highest BCUT2D eigenvalue weighted by Gasteiger charge is 2.26. The maximum absolute atomic E-state index is 14.6. The van der Waals surface area contributed by atoms with Crippen LogP contribution in [0.2, 0.25) is 0 Å². The summed E-state index contributed by atoms with van der Waals surface area (Å²) in [7, 11) is 0. The van der Waals surface area contributed by atoms with E-state index in [1.54, 1.807) is 17.0 Å². The minimum atomic E-state index is -0.322. The van der Waals surface area contributed by atoms with Gasteiger partial charge in [-0.15, -0.1) is 0 Å². The van der Waals surface area contributed by atoms with Crippen molar-refractivity contribution in [2.75, 3.05) is 35.2 Å². The maximum atomic E-state index is 14.6. The summed E-state index contributed by atoms with van der Waals surface area (Å²) in [6, 6.07) is 10.5. The smallest absolute Gasteiger partial charge is 0.258 e. The fourth-order valence-electron chi connectivity index (χ4n) is 3.87. The predicted molar refractivity (Wildman–Crippen MR) is 98.7 cm³/mol. The monoisotopic (exact) mass is 339 g/mol. The molecule has 130 valence electrons. The van der Waals surface area contributed by atoms with Gasteiger partial charge < -0.3 is 15.5 Å². The molecule has 0 aromatic heterocycles. The first-order chi connectivity index (χ1) is 12.1. The summed E-state index contributed by atoms with van der Waals surface area (Å²) < 4.78 is 14.6. The fourth-order valence-corrected chi connectivity index (χ4v) is 3.87. The standard InChI is InChI=1S/C20H22FN3O/c21-16-13-14(8-9-19(16)23-10-1-2-11-23)20(25)24-12-4-5-15-17(22)6-3-7-18(15)24/h3,6-9,13H,1-2,4-5,10-12,22H2. The molecule has 2 heterocycles. The number of nitrogens with two attached hydrogens (primary N) is 1. The van der Waals surface area contributed by atoms with Crippen LogP contribution in [-0.2, 0) is 6.42 Å². The summed E-state index contributed by atoms with van der Waals surface area (Å²) in [5.41, 5.74) is 9.60. The van der Waals surface area contributed by atoms with Gasteiger partial charge in [0.15, 0.2) is 0 Å². The molecule has 1 fully saturated rings. The molecule has 0 unspecified atom stereocenters. The minimum absolute atomic E-state index is 0.168. The number of carbonyl (C=O) groups is 1. The van der Waals surface area contributed by atoms with Gasteiger partial charge in [-0.05, 0) is 61.6 Å². The summed E-state index contributed by atoms with van der Waals surface area (Å²) in [6.07, 6.45) is 3.91. The molecule has 0 saturated carbocycles. The van der Waals surface area contributed by atoms with Gasteiger partial charge in [0.1, 0.15) is 5.82 Å². The molecule has 2 N–H and O–H groups in total. The van der Waals surface area contributed by atoms with Crippen LogP contribution in [-0.4, -0.2) is 25.5 Å². The lowest BCUT2D eigenvalue weighted by Crippen LogP contribution is -2.35. The number of amides is 1. The molecule has 0 bridgehead atoms. The Labute approximate surface area is 147 Å². The van der Waals surface area contributed by atoms with Crippen LogP contribution >= 0.6 is 0 Å². The molecule has 5 heteroatoms. The second kappa shape index (κ2) is 6.39. The average molecular weight is 339 g/mol. The van der Waals surface area contributed by atoms with E-state index in [1.807, 2.05) is 23.1 Å². The Morgan fingerprint density at radius 1 is 1.00 bits per heavy atom. The van der Waals surface area contributed by atoms with E-state index in [0.29, 0.717) is 23.5 Å². The van der Waals surface area contributed by atoms with Crippen molar-refractivity contribution in [3.05, 3.63) is 53.3 Å². The van der Waals surface area contributed by atoms with Gasteiger partial charge in [-0.3, -0.25) is 4.79 Å². The van der Waals surface area contributed by atoms with Crippen LogP contribution in [0.5, 0.6) is 0 Å². The van der Waals surface area contributed by atoms with E-state index in [2.05, 4.69) is 0 Å². The van der Waals surface area contributed by atoms with Crippen LogP contribution < -0.4 is 15.5 Å². The Hall–Kier alpha value is -2.56. The van der Waals surface area contributed by atoms with Crippen molar-refractivity contribution in [3.63, 3.8) is 0 Å². The van der Waals surface area contributed by atoms with Gasteiger partial charge >= 0.3 is 0 Å². The number of nitrogen functional groups attached to an aromatic ring is 1. The molecular formula is C20H22FN3O. The number of hydrogen-bond donors (Lipinski definition) is 1. The van der Waals surface area contributed by atoms with Gasteiger partial charge in [0, 0.05) is 36.6 Å². The number of anilines is 3. The summed E-state index contributed by atoms with van der Waals surface area (Å²) in [5, 5.41) is 0. The van der Waals surface area contributed by atoms with Gasteiger partial charge in [0.05, 0.1) is 5.69 Å². The SMILES string of the molecule is Nc1cccc2c1CCCN2C(=O)c1ccc(N2CCCC2)c(F)c1. The van der Waals surface area contributed by atoms with E-state index in [9.17, 15) is 9.18 Å². The normalized spacial score (nSPS) is 16.8. The Balaban J connectivity index is 1.64. The summed E-state index contributed by atoms with van der Waals surface area (Å²) in [4.78, 5) is 16.7. The predicted octanol–water partition coefficient (Wildman–Crippen LogP) is 3.60. The quantitative estimate of drug-likeness (QED) is 0.851. The van der Waals surface area contributed by atoms with E-state index in [1.165, 1.54) is 6.07 Å². The second-order valence-electron chi connectivity index (χ2n) is 6.77. The lowest BCUT2D eigenvalue weighted by molar-refractivity contribution is 0.0984. The lowest BCUT2D eigenvalue weighted by atomic mass is 9.99. The number of halogens is 1. The van der Waals surface area contributed by atoms with Gasteiger partial charge in [-0.1, -0.05) is 6.07 Å². The Kier molecular flexibility index (Phi) is 4.07. The van der Waals surface area contributed by atoms with Gasteiger partial charge in [0.25, 0.3) is 5.91 Å².